The Balaban J connectivity index is 4.62. The van der Waals surface area contributed by atoms with Crippen molar-refractivity contribution < 1.29 is 9.53 Å². The Morgan fingerprint density at radius 2 is 1.56 bits per heavy atom. The van der Waals surface area contributed by atoms with Crippen LogP contribution in [0.2, 0.25) is 0 Å². The van der Waals surface area contributed by atoms with Gasteiger partial charge >= 0.3 is 5.97 Å². The van der Waals surface area contributed by atoms with E-state index in [-0.39, 0.29) is 17.0 Å². The zero-order valence-electron chi connectivity index (χ0n) is 13.3. The number of ether oxygens (including phenoxy) is 1. The number of esters is 1. The normalized spacial score (nSPS) is 13.9. The third-order valence-corrected chi connectivity index (χ3v) is 2.93. The predicted octanol–water partition coefficient (Wildman–Crippen LogP) is 3.39. The van der Waals surface area contributed by atoms with Crippen LogP contribution in [-0.4, -0.2) is 35.6 Å². The molecule has 0 heterocycles. The van der Waals surface area contributed by atoms with Crippen LogP contribution in [0.25, 0.3) is 0 Å². The first-order chi connectivity index (χ1) is 8.00. The number of methoxy groups -OCH3 is 1. The van der Waals surface area contributed by atoms with Gasteiger partial charge < -0.3 is 4.74 Å². The minimum atomic E-state index is -0.243. The fourth-order valence-electron chi connectivity index (χ4n) is 2.33. The molecule has 0 fully saturated rings. The second-order valence-corrected chi connectivity index (χ2v) is 6.66. The van der Waals surface area contributed by atoms with Gasteiger partial charge in [0, 0.05) is 23.2 Å². The first kappa shape index (κ1) is 17.2. The van der Waals surface area contributed by atoms with Gasteiger partial charge in [-0.15, -0.1) is 0 Å². The molecular weight excluding hydrogens is 226 g/mol. The zero-order valence-corrected chi connectivity index (χ0v) is 13.3. The first-order valence-corrected chi connectivity index (χ1v) is 6.53. The van der Waals surface area contributed by atoms with E-state index in [0.29, 0.717) is 5.57 Å². The average molecular weight is 255 g/mol. The number of hydrogen-bond donors (Lipinski definition) is 0. The topological polar surface area (TPSA) is 29.5 Å². The Morgan fingerprint density at radius 3 is 1.89 bits per heavy atom. The van der Waals surface area contributed by atoms with E-state index in [4.69, 9.17) is 0 Å². The summed E-state index contributed by atoms with van der Waals surface area (Å²) in [6.45, 7) is 16.0. The lowest BCUT2D eigenvalue weighted by molar-refractivity contribution is -0.136. The molecule has 0 aliphatic rings. The molecule has 0 aromatic rings. The monoisotopic (exact) mass is 255 g/mol. The Labute approximate surface area is 112 Å². The van der Waals surface area contributed by atoms with Crippen molar-refractivity contribution in [2.75, 3.05) is 13.7 Å². The molecule has 0 saturated carbocycles. The quantitative estimate of drug-likeness (QED) is 0.569. The van der Waals surface area contributed by atoms with Crippen LogP contribution in [0.15, 0.2) is 11.6 Å². The van der Waals surface area contributed by atoms with E-state index in [9.17, 15) is 4.79 Å². The largest absolute Gasteiger partial charge is 0.466 e. The summed E-state index contributed by atoms with van der Waals surface area (Å²) in [5.74, 6) is -0.243. The molecule has 0 spiro atoms. The van der Waals surface area contributed by atoms with Crippen LogP contribution in [0.5, 0.6) is 0 Å². The van der Waals surface area contributed by atoms with Crippen molar-refractivity contribution in [3.63, 3.8) is 0 Å². The highest BCUT2D eigenvalue weighted by molar-refractivity contribution is 5.87. The first-order valence-electron chi connectivity index (χ1n) is 6.53. The van der Waals surface area contributed by atoms with E-state index in [1.807, 2.05) is 6.08 Å². The lowest BCUT2D eigenvalue weighted by Gasteiger charge is -2.45. The molecule has 0 amide bonds. The van der Waals surface area contributed by atoms with Gasteiger partial charge in [0.25, 0.3) is 0 Å². The van der Waals surface area contributed by atoms with Gasteiger partial charge in [-0.2, -0.15) is 0 Å². The third kappa shape index (κ3) is 5.67. The van der Waals surface area contributed by atoms with Crippen molar-refractivity contribution in [2.24, 2.45) is 0 Å². The van der Waals surface area contributed by atoms with Crippen LogP contribution in [0.4, 0.5) is 0 Å². The number of rotatable bonds is 4. The summed E-state index contributed by atoms with van der Waals surface area (Å²) >= 11 is 0. The molecule has 0 unspecified atom stereocenters. The molecule has 3 nitrogen and oxygen atoms in total. The Morgan fingerprint density at radius 1 is 1.11 bits per heavy atom. The maximum atomic E-state index is 11.3. The average Bonchev–Trinajstić information content (AvgIpc) is 2.19. The van der Waals surface area contributed by atoms with Gasteiger partial charge in [0.05, 0.1) is 7.11 Å². The van der Waals surface area contributed by atoms with E-state index < -0.39 is 0 Å². The summed E-state index contributed by atoms with van der Waals surface area (Å²) in [5, 5.41) is 0. The van der Waals surface area contributed by atoms with Crippen LogP contribution in [0.3, 0.4) is 0 Å². The molecule has 0 N–H and O–H groups in total. The Bertz CT molecular complexity index is 291. The molecule has 0 aliphatic carbocycles. The molecular formula is C15H29NO2. The van der Waals surface area contributed by atoms with Gasteiger partial charge in [0.15, 0.2) is 0 Å². The van der Waals surface area contributed by atoms with Crippen molar-refractivity contribution in [1.29, 1.82) is 0 Å². The smallest absolute Gasteiger partial charge is 0.333 e. The number of carbonyl (C=O) groups excluding carboxylic acids is 1. The van der Waals surface area contributed by atoms with Crippen LogP contribution in [-0.2, 0) is 9.53 Å². The van der Waals surface area contributed by atoms with Crippen molar-refractivity contribution in [3.05, 3.63) is 11.6 Å². The molecule has 0 radical (unpaired) electrons. The van der Waals surface area contributed by atoms with Crippen molar-refractivity contribution in [3.8, 4) is 0 Å². The summed E-state index contributed by atoms with van der Waals surface area (Å²) in [6, 6.07) is 0. The van der Waals surface area contributed by atoms with E-state index in [1.54, 1.807) is 6.92 Å². The minimum absolute atomic E-state index is 0.116. The maximum absolute atomic E-state index is 11.3. The fourth-order valence-corrected chi connectivity index (χ4v) is 2.33. The summed E-state index contributed by atoms with van der Waals surface area (Å²) in [4.78, 5) is 13.7. The maximum Gasteiger partial charge on any atom is 0.333 e. The number of carbonyl (C=O) groups is 1. The molecule has 106 valence electrons. The lowest BCUT2D eigenvalue weighted by atomic mass is 9.95. The summed E-state index contributed by atoms with van der Waals surface area (Å²) < 4.78 is 4.68. The molecule has 3 heteroatoms. The molecule has 18 heavy (non-hydrogen) atoms. The highest BCUT2D eigenvalue weighted by atomic mass is 16.5. The third-order valence-electron chi connectivity index (χ3n) is 2.93. The zero-order chi connectivity index (χ0) is 14.6. The van der Waals surface area contributed by atoms with Crippen LogP contribution in [0.1, 0.15) is 54.9 Å². The van der Waals surface area contributed by atoms with E-state index in [2.05, 4.69) is 51.2 Å². The predicted molar refractivity (Wildman–Crippen MR) is 76.6 cm³/mol. The van der Waals surface area contributed by atoms with E-state index in [1.165, 1.54) is 7.11 Å². The molecule has 0 atom stereocenters. The SMILES string of the molecule is COC(=O)/C(C)=C/CCN(C(C)(C)C)C(C)(C)C. The molecule has 0 aromatic carbocycles. The summed E-state index contributed by atoms with van der Waals surface area (Å²) in [7, 11) is 1.41. The van der Waals surface area contributed by atoms with Gasteiger partial charge in [-0.25, -0.2) is 4.79 Å². The van der Waals surface area contributed by atoms with E-state index >= 15 is 0 Å². The Kier molecular flexibility index (Phi) is 6.08. The number of hydrogen-bond acceptors (Lipinski definition) is 3. The van der Waals surface area contributed by atoms with Gasteiger partial charge in [0.1, 0.15) is 0 Å². The highest BCUT2D eigenvalue weighted by Gasteiger charge is 2.30. The molecule has 0 bridgehead atoms. The van der Waals surface area contributed by atoms with Crippen molar-refractivity contribution >= 4 is 5.97 Å². The van der Waals surface area contributed by atoms with Gasteiger partial charge in [-0.05, 0) is 54.9 Å². The van der Waals surface area contributed by atoms with Crippen LogP contribution >= 0.6 is 0 Å². The Hall–Kier alpha value is -0.830. The molecule has 0 aliphatic heterocycles. The van der Waals surface area contributed by atoms with Crippen molar-refractivity contribution in [1.82, 2.24) is 4.90 Å². The fraction of sp³-hybridized carbons (Fsp3) is 0.800. The molecule has 0 aromatic heterocycles. The minimum Gasteiger partial charge on any atom is -0.466 e. The van der Waals surface area contributed by atoms with Crippen molar-refractivity contribution in [2.45, 2.75) is 66.0 Å². The van der Waals surface area contributed by atoms with Gasteiger partial charge in [-0.1, -0.05) is 6.08 Å². The van der Waals surface area contributed by atoms with Gasteiger partial charge in [0.2, 0.25) is 0 Å². The second kappa shape index (κ2) is 6.37. The highest BCUT2D eigenvalue weighted by Crippen LogP contribution is 2.24. The second-order valence-electron chi connectivity index (χ2n) is 6.66. The molecule has 0 rings (SSSR count). The van der Waals surface area contributed by atoms with Crippen LogP contribution in [0, 0.1) is 0 Å². The lowest BCUT2D eigenvalue weighted by Crippen LogP contribution is -2.52. The van der Waals surface area contributed by atoms with Gasteiger partial charge in [-0.3, -0.25) is 4.90 Å². The summed E-state index contributed by atoms with van der Waals surface area (Å²) in [6.07, 6.45) is 2.81. The van der Waals surface area contributed by atoms with E-state index in [0.717, 1.165) is 13.0 Å². The standard InChI is InChI=1S/C15H29NO2/c1-12(13(17)18-8)10-9-11-16(14(2,3)4)15(5,6)7/h10H,9,11H2,1-8H3/b12-10+. The van der Waals surface area contributed by atoms with Crippen LogP contribution < -0.4 is 0 Å². The molecule has 0 saturated heterocycles. The summed E-state index contributed by atoms with van der Waals surface area (Å²) in [5.41, 5.74) is 0.913. The number of nitrogens with zero attached hydrogens (tertiary/aromatic N) is 1.